The maximum absolute atomic E-state index is 10.00. The number of ether oxygens (including phenoxy) is 3. The Bertz CT molecular complexity index is 514. The number of carboxylic acids is 1. The van der Waals surface area contributed by atoms with E-state index in [1.807, 2.05) is 0 Å². The van der Waals surface area contributed by atoms with Crippen LogP contribution < -0.4 is 0 Å². The molecule has 9 N–H and O–H groups in total. The van der Waals surface area contributed by atoms with Crippen LogP contribution in [-0.4, -0.2) is 127 Å². The Hall–Kier alpha value is -1.23. The lowest BCUT2D eigenvalue weighted by molar-refractivity contribution is -0.383. The number of rotatable bonds is 6. The maximum Gasteiger partial charge on any atom is 0.327 e. The zero-order chi connectivity index (χ0) is 21.6. The van der Waals surface area contributed by atoms with Crippen LogP contribution in [0.2, 0.25) is 0 Å². The molecule has 2 saturated heterocycles. The molecule has 0 aromatic carbocycles. The Morgan fingerprint density at radius 3 is 1.89 bits per heavy atom. The fourth-order valence-corrected chi connectivity index (χ4v) is 2.63. The van der Waals surface area contributed by atoms with Crippen LogP contribution in [0.15, 0.2) is 12.7 Å². The van der Waals surface area contributed by atoms with Crippen molar-refractivity contribution >= 4 is 5.97 Å². The molecule has 2 fully saturated rings. The molecule has 0 aliphatic carbocycles. The molecular weight excluding hydrogens is 388 g/mol. The first kappa shape index (κ1) is 24.8. The van der Waals surface area contributed by atoms with E-state index in [9.17, 15) is 35.4 Å². The summed E-state index contributed by atoms with van der Waals surface area (Å²) < 4.78 is 15.4. The lowest BCUT2D eigenvalue weighted by Gasteiger charge is -2.43. The highest BCUT2D eigenvalue weighted by molar-refractivity contribution is 5.78. The summed E-state index contributed by atoms with van der Waals surface area (Å²) in [6, 6.07) is 0. The molecule has 0 radical (unpaired) electrons. The number of carboxylic acid groups (broad SMARTS) is 1. The average molecular weight is 414 g/mol. The summed E-state index contributed by atoms with van der Waals surface area (Å²) in [6.45, 7) is 0.638. The van der Waals surface area contributed by atoms with Crippen molar-refractivity contribution in [1.82, 2.24) is 0 Å². The highest BCUT2D eigenvalue weighted by Crippen LogP contribution is 2.35. The Labute approximate surface area is 159 Å². The van der Waals surface area contributed by atoms with Gasteiger partial charge < -0.3 is 60.2 Å². The van der Waals surface area contributed by atoms with E-state index < -0.39 is 80.6 Å². The van der Waals surface area contributed by atoms with Gasteiger partial charge in [-0.2, -0.15) is 0 Å². The minimum atomic E-state index is -2.22. The maximum atomic E-state index is 10.00. The second-order valence-corrected chi connectivity index (χ2v) is 6.10. The number of aliphatic hydroxyl groups excluding tert-OH is 8. The van der Waals surface area contributed by atoms with Crippen molar-refractivity contribution in [2.45, 2.75) is 54.8 Å². The second-order valence-electron chi connectivity index (χ2n) is 6.10. The third kappa shape index (κ3) is 5.22. The summed E-state index contributed by atoms with van der Waals surface area (Å²) >= 11 is 0. The molecule has 2 heterocycles. The van der Waals surface area contributed by atoms with Gasteiger partial charge in [-0.25, -0.2) is 4.79 Å². The summed E-state index contributed by atoms with van der Waals surface area (Å²) in [7, 11) is 0. The Balaban J connectivity index is 0.000000696. The van der Waals surface area contributed by atoms with Crippen molar-refractivity contribution in [2.75, 3.05) is 19.8 Å². The van der Waals surface area contributed by atoms with Crippen LogP contribution >= 0.6 is 0 Å². The van der Waals surface area contributed by atoms with Crippen molar-refractivity contribution in [2.24, 2.45) is 0 Å². The van der Waals surface area contributed by atoms with Crippen molar-refractivity contribution in [3.8, 4) is 0 Å². The van der Waals surface area contributed by atoms with Crippen molar-refractivity contribution < 1.29 is 65.0 Å². The van der Waals surface area contributed by atoms with Gasteiger partial charge in [-0.15, -0.1) is 0 Å². The first-order valence-corrected chi connectivity index (χ1v) is 8.17. The second kappa shape index (κ2) is 10.5. The predicted molar refractivity (Wildman–Crippen MR) is 86.5 cm³/mol. The molecule has 164 valence electrons. The molecule has 0 aromatic rings. The molecular formula is C15H26O13. The van der Waals surface area contributed by atoms with Crippen molar-refractivity contribution in [1.29, 1.82) is 0 Å². The fraction of sp³-hybridized carbons (Fsp3) is 0.800. The van der Waals surface area contributed by atoms with Gasteiger partial charge in [0.1, 0.15) is 49.3 Å². The smallest absolute Gasteiger partial charge is 0.327 e. The predicted octanol–water partition coefficient (Wildman–Crippen LogP) is -5.14. The molecule has 2 aliphatic rings. The molecule has 0 spiro atoms. The summed E-state index contributed by atoms with van der Waals surface area (Å²) in [5.41, 5.74) is 0. The van der Waals surface area contributed by atoms with Gasteiger partial charge in [0.2, 0.25) is 5.79 Å². The number of hydrogen-bond acceptors (Lipinski definition) is 12. The largest absolute Gasteiger partial charge is 0.478 e. The van der Waals surface area contributed by atoms with Gasteiger partial charge in [0, 0.05) is 6.08 Å². The summed E-state index contributed by atoms with van der Waals surface area (Å²) in [5.74, 6) is -3.20. The lowest BCUT2D eigenvalue weighted by atomic mass is 9.99. The normalized spacial score (nSPS) is 43.1. The first-order chi connectivity index (χ1) is 13.1. The third-order valence-corrected chi connectivity index (χ3v) is 4.24. The zero-order valence-corrected chi connectivity index (χ0v) is 14.7. The van der Waals surface area contributed by atoms with E-state index in [1.54, 1.807) is 0 Å². The van der Waals surface area contributed by atoms with Gasteiger partial charge >= 0.3 is 5.97 Å². The van der Waals surface area contributed by atoms with Gasteiger partial charge in [-0.05, 0) is 0 Å². The number of carbonyl (C=O) groups is 1. The molecule has 13 nitrogen and oxygen atoms in total. The van der Waals surface area contributed by atoms with E-state index in [4.69, 9.17) is 29.5 Å². The average Bonchev–Trinajstić information content (AvgIpc) is 2.93. The Morgan fingerprint density at radius 1 is 0.964 bits per heavy atom. The Morgan fingerprint density at radius 2 is 1.50 bits per heavy atom. The molecule has 0 saturated carbocycles. The van der Waals surface area contributed by atoms with Crippen molar-refractivity contribution in [3.63, 3.8) is 0 Å². The minimum Gasteiger partial charge on any atom is -0.478 e. The van der Waals surface area contributed by atoms with Crippen LogP contribution in [0.4, 0.5) is 0 Å². The molecule has 9 atom stereocenters. The molecule has 28 heavy (non-hydrogen) atoms. The number of aliphatic hydroxyl groups is 8. The first-order valence-electron chi connectivity index (χ1n) is 8.17. The molecule has 2 rings (SSSR count). The zero-order valence-electron chi connectivity index (χ0n) is 14.7. The van der Waals surface area contributed by atoms with Gasteiger partial charge in [0.25, 0.3) is 0 Å². The van der Waals surface area contributed by atoms with Crippen LogP contribution in [0.3, 0.4) is 0 Å². The monoisotopic (exact) mass is 414 g/mol. The van der Waals surface area contributed by atoms with E-state index in [1.165, 1.54) is 0 Å². The minimum absolute atomic E-state index is 0.669. The summed E-state index contributed by atoms with van der Waals surface area (Å²) in [4.78, 5) is 9.25. The van der Waals surface area contributed by atoms with E-state index in [-0.39, 0.29) is 0 Å². The quantitative estimate of drug-likeness (QED) is 0.185. The lowest BCUT2D eigenvalue weighted by Crippen LogP contribution is -2.62. The highest BCUT2D eigenvalue weighted by Gasteiger charge is 2.58. The van der Waals surface area contributed by atoms with Gasteiger partial charge in [-0.1, -0.05) is 6.58 Å². The highest BCUT2D eigenvalue weighted by atomic mass is 16.8. The summed E-state index contributed by atoms with van der Waals surface area (Å²) in [5, 5.41) is 84.3. The van der Waals surface area contributed by atoms with Crippen LogP contribution in [0.1, 0.15) is 0 Å². The SMILES string of the molecule is C=CC(=O)O.OC[C@H]1O[C@@](CO)(O[C@H]2O[C@H](CO)[C@@H](O)[C@H](O)[C@H]2O)[C@@H](O)[C@@H]1O. The molecule has 0 unspecified atom stereocenters. The Kier molecular flexibility index (Phi) is 9.32. The molecule has 0 bridgehead atoms. The summed E-state index contributed by atoms with van der Waals surface area (Å²) in [6.07, 6.45) is -11.8. The molecule has 0 amide bonds. The topological polar surface area (TPSA) is 227 Å². The fourth-order valence-electron chi connectivity index (χ4n) is 2.63. The number of aliphatic carboxylic acids is 1. The van der Waals surface area contributed by atoms with E-state index in [0.29, 0.717) is 0 Å². The molecule has 0 aromatic heterocycles. The van der Waals surface area contributed by atoms with E-state index in [0.717, 1.165) is 6.08 Å². The van der Waals surface area contributed by atoms with Gasteiger partial charge in [0.15, 0.2) is 6.29 Å². The van der Waals surface area contributed by atoms with Crippen molar-refractivity contribution in [3.05, 3.63) is 12.7 Å². The van der Waals surface area contributed by atoms with Gasteiger partial charge in [-0.3, -0.25) is 0 Å². The van der Waals surface area contributed by atoms with Crippen LogP contribution in [0, 0.1) is 0 Å². The van der Waals surface area contributed by atoms with Crippen LogP contribution in [-0.2, 0) is 19.0 Å². The number of hydrogen-bond donors (Lipinski definition) is 9. The van der Waals surface area contributed by atoms with E-state index in [2.05, 4.69) is 6.58 Å². The van der Waals surface area contributed by atoms with E-state index >= 15 is 0 Å². The molecule has 2 aliphatic heterocycles. The van der Waals surface area contributed by atoms with Crippen LogP contribution in [0.5, 0.6) is 0 Å². The van der Waals surface area contributed by atoms with Gasteiger partial charge in [0.05, 0.1) is 13.2 Å². The molecule has 13 heteroatoms. The third-order valence-electron chi connectivity index (χ3n) is 4.24. The standard InChI is InChI=1S/C12H22O11.C3H4O2/c13-1-4-6(16)8(18)9(19)11(21-4)23-12(3-15)10(20)7(17)5(2-14)22-12;1-2-3(4)5/h4-11,13-20H,1-3H2;2H,1H2,(H,4,5)/t4-,5-,6-,7-,8+,9-,10+,11-,12+;/m1./s1. The van der Waals surface area contributed by atoms with Crippen LogP contribution in [0.25, 0.3) is 0 Å².